The molecule has 0 radical (unpaired) electrons. The number of cyclic esters (lactones) is 1. The number of aromatic nitrogens is 2. The number of imidazole rings is 1. The van der Waals surface area contributed by atoms with Gasteiger partial charge in [0.25, 0.3) is 5.91 Å². The van der Waals surface area contributed by atoms with Crippen molar-refractivity contribution in [3.8, 4) is 0 Å². The summed E-state index contributed by atoms with van der Waals surface area (Å²) in [5.74, 6) is -0.607. The number of fused-ring (bicyclic) bond motifs is 1. The van der Waals surface area contributed by atoms with Crippen LogP contribution in [0.5, 0.6) is 0 Å². The van der Waals surface area contributed by atoms with E-state index in [4.69, 9.17) is 4.74 Å². The Hall–Kier alpha value is -3.52. The first-order valence-electron chi connectivity index (χ1n) is 10.9. The van der Waals surface area contributed by atoms with Crippen LogP contribution in [0, 0.1) is 5.82 Å². The molecule has 34 heavy (non-hydrogen) atoms. The summed E-state index contributed by atoms with van der Waals surface area (Å²) in [5, 5.41) is 0. The molecular formula is C26H21BrFN3O3. The summed E-state index contributed by atoms with van der Waals surface area (Å²) < 4.78 is 20.2. The lowest BCUT2D eigenvalue weighted by atomic mass is 9.92. The number of aryl methyl sites for hydroxylation is 1. The molecule has 0 aliphatic carbocycles. The predicted octanol–water partition coefficient (Wildman–Crippen LogP) is 6.03. The minimum Gasteiger partial charge on any atom is -0.424 e. The van der Waals surface area contributed by atoms with Crippen molar-refractivity contribution in [1.29, 1.82) is 0 Å². The molecule has 1 N–H and O–H groups in total. The van der Waals surface area contributed by atoms with Gasteiger partial charge < -0.3 is 9.72 Å². The zero-order valence-electron chi connectivity index (χ0n) is 18.3. The first-order valence-corrected chi connectivity index (χ1v) is 11.7. The molecule has 2 unspecified atom stereocenters. The standard InChI is InChI=1S/C26H21BrFN3O3/c1-16(18-7-10-20(28)11-8-18)31-24(32)26(34-25(31)33,14-13-17-5-3-2-4-6-17)23-29-21-12-9-19(27)15-22(21)30-23/h2-12,15-16H,13-14H2,1H3,(H,29,30). The SMILES string of the molecule is CC(c1ccc(F)cc1)N1C(=O)OC(CCc2ccccc2)(c2nc3ccc(Br)cc3[nH]2)C1=O. The molecule has 1 aliphatic heterocycles. The number of nitrogens with one attached hydrogen (secondary N) is 1. The van der Waals surface area contributed by atoms with Crippen LogP contribution in [0.2, 0.25) is 0 Å². The Labute approximate surface area is 203 Å². The second kappa shape index (κ2) is 8.68. The molecule has 8 heteroatoms. The minimum absolute atomic E-state index is 0.217. The molecule has 1 aliphatic rings. The Morgan fingerprint density at radius 1 is 1.09 bits per heavy atom. The predicted molar refractivity (Wildman–Crippen MR) is 128 cm³/mol. The van der Waals surface area contributed by atoms with Crippen molar-refractivity contribution >= 4 is 39.0 Å². The van der Waals surface area contributed by atoms with E-state index in [1.54, 1.807) is 19.1 Å². The molecule has 5 rings (SSSR count). The maximum absolute atomic E-state index is 13.9. The highest BCUT2D eigenvalue weighted by molar-refractivity contribution is 9.10. The van der Waals surface area contributed by atoms with Gasteiger partial charge in [-0.3, -0.25) is 4.79 Å². The highest BCUT2D eigenvalue weighted by Crippen LogP contribution is 2.41. The van der Waals surface area contributed by atoms with E-state index in [-0.39, 0.29) is 12.2 Å². The molecule has 172 valence electrons. The number of aromatic amines is 1. The Bertz CT molecular complexity index is 1370. The van der Waals surface area contributed by atoms with Crippen molar-refractivity contribution in [3.63, 3.8) is 0 Å². The Morgan fingerprint density at radius 2 is 1.82 bits per heavy atom. The van der Waals surface area contributed by atoms with Gasteiger partial charge in [0.15, 0.2) is 5.82 Å². The van der Waals surface area contributed by atoms with Gasteiger partial charge in [-0.25, -0.2) is 19.1 Å². The molecule has 4 aromatic rings. The van der Waals surface area contributed by atoms with Gasteiger partial charge in [-0.2, -0.15) is 0 Å². The number of nitrogens with zero attached hydrogens (tertiary/aromatic N) is 2. The number of imide groups is 1. The van der Waals surface area contributed by atoms with Crippen LogP contribution >= 0.6 is 15.9 Å². The lowest BCUT2D eigenvalue weighted by molar-refractivity contribution is -0.139. The molecule has 2 heterocycles. The fraction of sp³-hybridized carbons (Fsp3) is 0.192. The highest BCUT2D eigenvalue weighted by atomic mass is 79.9. The van der Waals surface area contributed by atoms with E-state index in [1.165, 1.54) is 12.1 Å². The summed E-state index contributed by atoms with van der Waals surface area (Å²) in [6, 6.07) is 20.3. The summed E-state index contributed by atoms with van der Waals surface area (Å²) in [7, 11) is 0. The van der Waals surface area contributed by atoms with Gasteiger partial charge in [-0.15, -0.1) is 0 Å². The van der Waals surface area contributed by atoms with Crippen LogP contribution in [-0.4, -0.2) is 26.9 Å². The van der Waals surface area contributed by atoms with Crippen LogP contribution in [0.25, 0.3) is 11.0 Å². The third kappa shape index (κ3) is 3.88. The van der Waals surface area contributed by atoms with Gasteiger partial charge in [0, 0.05) is 10.9 Å². The first-order chi connectivity index (χ1) is 16.4. The van der Waals surface area contributed by atoms with E-state index in [0.29, 0.717) is 17.5 Å². The third-order valence-electron chi connectivity index (χ3n) is 6.20. The molecule has 1 saturated heterocycles. The second-order valence-electron chi connectivity index (χ2n) is 8.33. The molecule has 0 saturated carbocycles. The molecule has 2 amide bonds. The van der Waals surface area contributed by atoms with Crippen LogP contribution in [-0.2, 0) is 21.6 Å². The van der Waals surface area contributed by atoms with E-state index >= 15 is 0 Å². The normalized spacial score (nSPS) is 19.0. The van der Waals surface area contributed by atoms with Crippen molar-refractivity contribution in [1.82, 2.24) is 14.9 Å². The number of benzene rings is 3. The Kier molecular flexibility index (Phi) is 5.69. The number of H-pyrrole nitrogens is 1. The minimum atomic E-state index is -1.60. The maximum atomic E-state index is 13.9. The van der Waals surface area contributed by atoms with Crippen molar-refractivity contribution < 1.29 is 18.7 Å². The van der Waals surface area contributed by atoms with E-state index < -0.39 is 29.5 Å². The van der Waals surface area contributed by atoms with E-state index in [0.717, 1.165) is 20.5 Å². The zero-order chi connectivity index (χ0) is 23.9. The number of hydrogen-bond acceptors (Lipinski definition) is 4. The van der Waals surface area contributed by atoms with Crippen molar-refractivity contribution in [2.45, 2.75) is 31.4 Å². The largest absolute Gasteiger partial charge is 0.424 e. The average Bonchev–Trinajstić information content (AvgIpc) is 3.37. The van der Waals surface area contributed by atoms with Gasteiger partial charge in [0.05, 0.1) is 17.1 Å². The number of rotatable bonds is 6. The monoisotopic (exact) mass is 521 g/mol. The van der Waals surface area contributed by atoms with Gasteiger partial charge >= 0.3 is 6.09 Å². The van der Waals surface area contributed by atoms with Crippen LogP contribution in [0.1, 0.15) is 36.3 Å². The van der Waals surface area contributed by atoms with Crippen LogP contribution < -0.4 is 0 Å². The molecule has 1 fully saturated rings. The second-order valence-corrected chi connectivity index (χ2v) is 9.25. The van der Waals surface area contributed by atoms with E-state index in [9.17, 15) is 14.0 Å². The summed E-state index contributed by atoms with van der Waals surface area (Å²) in [6.45, 7) is 1.72. The smallest absolute Gasteiger partial charge is 0.418 e. The maximum Gasteiger partial charge on any atom is 0.418 e. The van der Waals surface area contributed by atoms with E-state index in [2.05, 4.69) is 25.9 Å². The molecule has 3 aromatic carbocycles. The molecule has 1 aromatic heterocycles. The lowest BCUT2D eigenvalue weighted by Crippen LogP contribution is -2.41. The summed E-state index contributed by atoms with van der Waals surface area (Å²) >= 11 is 3.45. The zero-order valence-corrected chi connectivity index (χ0v) is 19.9. The fourth-order valence-electron chi connectivity index (χ4n) is 4.31. The van der Waals surface area contributed by atoms with Gasteiger partial charge in [-0.05, 0) is 54.8 Å². The summed E-state index contributed by atoms with van der Waals surface area (Å²) in [4.78, 5) is 35.9. The number of ether oxygens (including phenoxy) is 1. The molecule has 6 nitrogen and oxygen atoms in total. The quantitative estimate of drug-likeness (QED) is 0.336. The molecule has 0 bridgehead atoms. The number of amides is 2. The Morgan fingerprint density at radius 3 is 2.56 bits per heavy atom. The number of carbonyl (C=O) groups excluding carboxylic acids is 2. The van der Waals surface area contributed by atoms with Crippen molar-refractivity contribution in [3.05, 3.63) is 100 Å². The van der Waals surface area contributed by atoms with E-state index in [1.807, 2.05) is 48.5 Å². The topological polar surface area (TPSA) is 75.3 Å². The molecule has 0 spiro atoms. The Balaban J connectivity index is 1.56. The number of halogens is 2. The molecular weight excluding hydrogens is 501 g/mol. The van der Waals surface area contributed by atoms with Crippen LogP contribution in [0.3, 0.4) is 0 Å². The summed E-state index contributed by atoms with van der Waals surface area (Å²) in [5.41, 5.74) is 1.41. The number of hydrogen-bond donors (Lipinski definition) is 1. The van der Waals surface area contributed by atoms with Gasteiger partial charge in [-0.1, -0.05) is 58.4 Å². The van der Waals surface area contributed by atoms with Crippen molar-refractivity contribution in [2.24, 2.45) is 0 Å². The van der Waals surface area contributed by atoms with Gasteiger partial charge in [0.1, 0.15) is 5.82 Å². The first kappa shape index (κ1) is 22.3. The summed E-state index contributed by atoms with van der Waals surface area (Å²) in [6.07, 6.45) is -0.0364. The van der Waals surface area contributed by atoms with Gasteiger partial charge in [0.2, 0.25) is 5.60 Å². The third-order valence-corrected chi connectivity index (χ3v) is 6.69. The average molecular weight is 522 g/mol. The highest BCUT2D eigenvalue weighted by Gasteiger charge is 2.58. The number of carbonyl (C=O) groups is 2. The van der Waals surface area contributed by atoms with Crippen LogP contribution in [0.4, 0.5) is 9.18 Å². The molecule has 2 atom stereocenters. The van der Waals surface area contributed by atoms with Crippen molar-refractivity contribution in [2.75, 3.05) is 0 Å². The van der Waals surface area contributed by atoms with Crippen LogP contribution in [0.15, 0.2) is 77.3 Å². The fourth-order valence-corrected chi connectivity index (χ4v) is 4.67. The lowest BCUT2D eigenvalue weighted by Gasteiger charge is -2.25.